The van der Waals surface area contributed by atoms with Crippen LogP contribution in [0.3, 0.4) is 0 Å². The summed E-state index contributed by atoms with van der Waals surface area (Å²) in [5.41, 5.74) is 4.03. The monoisotopic (exact) mass is 353 g/mol. The number of benzene rings is 2. The molecule has 0 unspecified atom stereocenters. The molecular formula is C15H16INO. The lowest BCUT2D eigenvalue weighted by Crippen LogP contribution is -2.01. The zero-order valence-electron chi connectivity index (χ0n) is 10.5. The Hall–Kier alpha value is -1.23. The van der Waals surface area contributed by atoms with Crippen molar-refractivity contribution >= 4 is 28.3 Å². The number of phenolic OH excluding ortho intramolecular Hbond substituents is 1. The van der Waals surface area contributed by atoms with Crippen LogP contribution in [0.15, 0.2) is 36.4 Å². The quantitative estimate of drug-likeness (QED) is 0.810. The second-order valence-electron chi connectivity index (χ2n) is 4.39. The van der Waals surface area contributed by atoms with E-state index in [-0.39, 0.29) is 0 Å². The van der Waals surface area contributed by atoms with Gasteiger partial charge in [0.15, 0.2) is 0 Å². The van der Waals surface area contributed by atoms with Crippen LogP contribution in [0, 0.1) is 17.4 Å². The van der Waals surface area contributed by atoms with E-state index < -0.39 is 0 Å². The van der Waals surface area contributed by atoms with Gasteiger partial charge in [-0.25, -0.2) is 0 Å². The number of hydrogen-bond donors (Lipinski definition) is 2. The molecule has 18 heavy (non-hydrogen) atoms. The van der Waals surface area contributed by atoms with Crippen molar-refractivity contribution in [3.05, 3.63) is 56.7 Å². The predicted octanol–water partition coefficient (Wildman–Crippen LogP) is 4.23. The largest absolute Gasteiger partial charge is 0.507 e. The summed E-state index contributed by atoms with van der Waals surface area (Å²) in [6, 6.07) is 12.3. The Morgan fingerprint density at radius 1 is 1.17 bits per heavy atom. The van der Waals surface area contributed by atoms with Gasteiger partial charge in [-0.3, -0.25) is 0 Å². The highest BCUT2D eigenvalue weighted by atomic mass is 127. The molecule has 2 aromatic rings. The molecule has 0 aliphatic carbocycles. The number of phenols is 1. The minimum absolute atomic E-state index is 0.377. The highest BCUT2D eigenvalue weighted by Crippen LogP contribution is 2.28. The molecule has 0 fully saturated rings. The van der Waals surface area contributed by atoms with Crippen molar-refractivity contribution in [1.82, 2.24) is 0 Å². The zero-order valence-corrected chi connectivity index (χ0v) is 12.7. The van der Waals surface area contributed by atoms with Gasteiger partial charge in [0.2, 0.25) is 0 Å². The summed E-state index contributed by atoms with van der Waals surface area (Å²) < 4.78 is 1.23. The molecule has 3 heteroatoms. The first-order valence-electron chi connectivity index (χ1n) is 5.85. The molecule has 0 aromatic heterocycles. The summed E-state index contributed by atoms with van der Waals surface area (Å²) in [4.78, 5) is 0. The third-order valence-corrected chi connectivity index (χ3v) is 3.68. The van der Waals surface area contributed by atoms with Crippen molar-refractivity contribution in [2.75, 3.05) is 5.32 Å². The molecule has 0 spiro atoms. The third-order valence-electron chi connectivity index (χ3n) is 3.00. The summed E-state index contributed by atoms with van der Waals surface area (Å²) in [5.74, 6) is 0.377. The average molecular weight is 353 g/mol. The highest BCUT2D eigenvalue weighted by molar-refractivity contribution is 14.1. The van der Waals surface area contributed by atoms with E-state index in [1.54, 1.807) is 0 Å². The molecule has 2 N–H and O–H groups in total. The van der Waals surface area contributed by atoms with Crippen molar-refractivity contribution in [2.45, 2.75) is 20.4 Å². The van der Waals surface area contributed by atoms with Crippen molar-refractivity contribution in [1.29, 1.82) is 0 Å². The first-order chi connectivity index (χ1) is 8.58. The fourth-order valence-corrected chi connectivity index (χ4v) is 2.48. The lowest BCUT2D eigenvalue weighted by atomic mass is 10.1. The predicted molar refractivity (Wildman–Crippen MR) is 84.1 cm³/mol. The van der Waals surface area contributed by atoms with Crippen LogP contribution in [-0.2, 0) is 6.54 Å². The van der Waals surface area contributed by atoms with Crippen LogP contribution >= 0.6 is 22.6 Å². The van der Waals surface area contributed by atoms with E-state index >= 15 is 0 Å². The maximum atomic E-state index is 9.89. The van der Waals surface area contributed by atoms with Gasteiger partial charge in [-0.15, -0.1) is 0 Å². The molecular weight excluding hydrogens is 337 g/mol. The van der Waals surface area contributed by atoms with Crippen molar-refractivity contribution in [3.8, 4) is 5.75 Å². The molecule has 0 atom stereocenters. The van der Waals surface area contributed by atoms with Crippen molar-refractivity contribution in [3.63, 3.8) is 0 Å². The number of rotatable bonds is 3. The van der Waals surface area contributed by atoms with Gasteiger partial charge in [-0.05, 0) is 65.8 Å². The summed E-state index contributed by atoms with van der Waals surface area (Å²) in [6.07, 6.45) is 0. The molecule has 94 valence electrons. The maximum Gasteiger partial charge on any atom is 0.123 e. The van der Waals surface area contributed by atoms with E-state index in [9.17, 15) is 5.11 Å². The molecule has 0 saturated heterocycles. The summed E-state index contributed by atoms with van der Waals surface area (Å²) >= 11 is 2.31. The van der Waals surface area contributed by atoms with Crippen LogP contribution < -0.4 is 5.32 Å². The first-order valence-corrected chi connectivity index (χ1v) is 6.93. The van der Waals surface area contributed by atoms with Crippen LogP contribution in [0.5, 0.6) is 5.75 Å². The van der Waals surface area contributed by atoms with E-state index in [4.69, 9.17) is 0 Å². The Balaban J connectivity index is 2.14. The molecule has 0 saturated carbocycles. The fourth-order valence-electron chi connectivity index (χ4n) is 1.87. The number of anilines is 1. The maximum absolute atomic E-state index is 9.89. The van der Waals surface area contributed by atoms with E-state index in [2.05, 4.69) is 52.2 Å². The third kappa shape index (κ3) is 2.96. The van der Waals surface area contributed by atoms with Gasteiger partial charge in [0.05, 0.1) is 0 Å². The lowest BCUT2D eigenvalue weighted by Gasteiger charge is -2.12. The standard InChI is InChI=1S/C15H16INO/c1-10-6-7-14(11(2)15(10)18)17-9-12-4-3-5-13(16)8-12/h3-8,17-18H,9H2,1-2H3. The number of halogens is 1. The number of aromatic hydroxyl groups is 1. The second-order valence-corrected chi connectivity index (χ2v) is 5.63. The molecule has 2 rings (SSSR count). The van der Waals surface area contributed by atoms with E-state index in [0.717, 1.165) is 23.4 Å². The van der Waals surface area contributed by atoms with Gasteiger partial charge in [-0.1, -0.05) is 18.2 Å². The Morgan fingerprint density at radius 3 is 2.67 bits per heavy atom. The van der Waals surface area contributed by atoms with Crippen LogP contribution in [0.25, 0.3) is 0 Å². The van der Waals surface area contributed by atoms with Crippen LogP contribution in [0.4, 0.5) is 5.69 Å². The molecule has 0 heterocycles. The zero-order chi connectivity index (χ0) is 13.1. The first kappa shape index (κ1) is 13.2. The van der Waals surface area contributed by atoms with Gasteiger partial charge in [-0.2, -0.15) is 0 Å². The molecule has 0 aliphatic rings. The van der Waals surface area contributed by atoms with Gasteiger partial charge < -0.3 is 10.4 Å². The van der Waals surface area contributed by atoms with Crippen LogP contribution in [0.1, 0.15) is 16.7 Å². The molecule has 0 radical (unpaired) electrons. The summed E-state index contributed by atoms with van der Waals surface area (Å²) in [7, 11) is 0. The minimum atomic E-state index is 0.377. The SMILES string of the molecule is Cc1ccc(NCc2cccc(I)c2)c(C)c1O. The average Bonchev–Trinajstić information content (AvgIpc) is 2.35. The second kappa shape index (κ2) is 5.61. The number of hydrogen-bond acceptors (Lipinski definition) is 2. The van der Waals surface area contributed by atoms with Crippen LogP contribution in [-0.4, -0.2) is 5.11 Å². The lowest BCUT2D eigenvalue weighted by molar-refractivity contribution is 0.467. The molecule has 2 nitrogen and oxygen atoms in total. The Kier molecular flexibility index (Phi) is 4.11. The fraction of sp³-hybridized carbons (Fsp3) is 0.200. The summed E-state index contributed by atoms with van der Waals surface area (Å²) in [5, 5.41) is 13.2. The normalized spacial score (nSPS) is 10.4. The number of aryl methyl sites for hydroxylation is 1. The van der Waals surface area contributed by atoms with E-state index in [1.165, 1.54) is 9.13 Å². The van der Waals surface area contributed by atoms with Gasteiger partial charge in [0, 0.05) is 21.4 Å². The highest BCUT2D eigenvalue weighted by Gasteiger charge is 2.05. The van der Waals surface area contributed by atoms with E-state index in [1.807, 2.05) is 26.0 Å². The molecule has 0 bridgehead atoms. The van der Waals surface area contributed by atoms with Gasteiger partial charge in [0.1, 0.15) is 5.75 Å². The molecule has 0 amide bonds. The minimum Gasteiger partial charge on any atom is -0.507 e. The van der Waals surface area contributed by atoms with Crippen molar-refractivity contribution < 1.29 is 5.11 Å². The molecule has 2 aromatic carbocycles. The Labute approximate surface area is 121 Å². The van der Waals surface area contributed by atoms with Crippen molar-refractivity contribution in [2.24, 2.45) is 0 Å². The van der Waals surface area contributed by atoms with Crippen LogP contribution in [0.2, 0.25) is 0 Å². The Bertz CT molecular complexity index is 566. The Morgan fingerprint density at radius 2 is 1.94 bits per heavy atom. The molecule has 0 aliphatic heterocycles. The smallest absolute Gasteiger partial charge is 0.123 e. The summed E-state index contributed by atoms with van der Waals surface area (Å²) in [6.45, 7) is 4.60. The van der Waals surface area contributed by atoms with Gasteiger partial charge in [0.25, 0.3) is 0 Å². The van der Waals surface area contributed by atoms with Gasteiger partial charge >= 0.3 is 0 Å². The topological polar surface area (TPSA) is 32.3 Å². The van der Waals surface area contributed by atoms with E-state index in [0.29, 0.717) is 5.75 Å². The number of nitrogens with one attached hydrogen (secondary N) is 1.